The Morgan fingerprint density at radius 2 is 0.985 bits per heavy atom. The first kappa shape index (κ1) is 48.6. The van der Waals surface area contributed by atoms with Crippen molar-refractivity contribution in [1.29, 1.82) is 0 Å². The Morgan fingerprint density at radius 1 is 0.591 bits per heavy atom. The maximum absolute atomic E-state index is 13.0. The molecular formula is C52H62Cl2N8O4. The van der Waals surface area contributed by atoms with Crippen LogP contribution in [0.25, 0.3) is 22.5 Å². The van der Waals surface area contributed by atoms with E-state index in [0.717, 1.165) is 47.0 Å². The van der Waals surface area contributed by atoms with Crippen molar-refractivity contribution >= 4 is 35.0 Å². The zero-order valence-electron chi connectivity index (χ0n) is 38.3. The number of hydrogen-bond donors (Lipinski definition) is 2. The van der Waals surface area contributed by atoms with Crippen LogP contribution in [0.1, 0.15) is 75.4 Å². The highest BCUT2D eigenvalue weighted by Crippen LogP contribution is 2.35. The molecule has 0 bridgehead atoms. The van der Waals surface area contributed by atoms with E-state index < -0.39 is 0 Å². The summed E-state index contributed by atoms with van der Waals surface area (Å²) in [6, 6.07) is 35.6. The Kier molecular flexibility index (Phi) is 16.9. The second kappa shape index (κ2) is 22.9. The molecule has 2 fully saturated rings. The normalized spacial score (nSPS) is 17.5. The highest BCUT2D eigenvalue weighted by Gasteiger charge is 2.38. The van der Waals surface area contributed by atoms with Gasteiger partial charge < -0.3 is 39.9 Å². The van der Waals surface area contributed by atoms with E-state index in [1.165, 1.54) is 11.1 Å². The zero-order valence-corrected chi connectivity index (χ0v) is 39.8. The molecular weight excluding hydrogens is 872 g/mol. The van der Waals surface area contributed by atoms with E-state index in [-0.39, 0.29) is 61.2 Å². The topological polar surface area (TPSA) is 147 Å². The number of rotatable bonds is 16. The lowest BCUT2D eigenvalue weighted by atomic mass is 9.99. The number of carbonyl (C=O) groups is 2. The van der Waals surface area contributed by atoms with E-state index in [2.05, 4.69) is 73.5 Å². The van der Waals surface area contributed by atoms with Crippen molar-refractivity contribution < 1.29 is 19.1 Å². The molecule has 2 saturated heterocycles. The summed E-state index contributed by atoms with van der Waals surface area (Å²) in [5.41, 5.74) is 17.5. The van der Waals surface area contributed by atoms with Crippen LogP contribution in [-0.4, -0.2) is 92.3 Å². The zero-order chi connectivity index (χ0) is 46.7. The molecule has 348 valence electrons. The molecule has 0 unspecified atom stereocenters. The van der Waals surface area contributed by atoms with E-state index >= 15 is 0 Å². The summed E-state index contributed by atoms with van der Waals surface area (Å²) in [5.74, 6) is 2.03. The van der Waals surface area contributed by atoms with Crippen LogP contribution in [0.5, 0.6) is 0 Å². The van der Waals surface area contributed by atoms with Gasteiger partial charge in [0.1, 0.15) is 24.9 Å². The molecule has 2 aromatic heterocycles. The molecule has 66 heavy (non-hydrogen) atoms. The molecule has 4 atom stereocenters. The number of ether oxygens (including phenoxy) is 2. The summed E-state index contributed by atoms with van der Waals surface area (Å²) in [7, 11) is 0. The molecule has 0 aliphatic carbocycles. The van der Waals surface area contributed by atoms with Gasteiger partial charge in [-0.3, -0.25) is 9.59 Å². The van der Waals surface area contributed by atoms with Crippen molar-refractivity contribution in [3.8, 4) is 22.5 Å². The molecule has 12 nitrogen and oxygen atoms in total. The van der Waals surface area contributed by atoms with Crippen LogP contribution in [-0.2, 0) is 32.2 Å². The standard InChI is InChI=1S/2C26H31ClN4O2/c2*1-18(2)25(31-15-22(11-12-28)33-17-24(31)32)26-29-23(20-9-6-10-21(27)13-20)16-30(26)14-19-7-4-3-5-8-19/h2*3-10,13,16,18,22,25H,11-12,14-15,17,28H2,1-2H3/t22-,25+;22-,25-/m01/s1. The fourth-order valence-electron chi connectivity index (χ4n) is 8.87. The van der Waals surface area contributed by atoms with Crippen molar-refractivity contribution in [2.75, 3.05) is 39.4 Å². The quantitative estimate of drug-likeness (QED) is 0.0978. The number of aromatic nitrogens is 4. The van der Waals surface area contributed by atoms with Gasteiger partial charge in [-0.1, -0.05) is 136 Å². The Morgan fingerprint density at radius 3 is 1.33 bits per heavy atom. The maximum atomic E-state index is 13.0. The molecule has 4 aromatic carbocycles. The molecule has 4 heterocycles. The van der Waals surface area contributed by atoms with E-state index in [9.17, 15) is 9.59 Å². The highest BCUT2D eigenvalue weighted by atomic mass is 35.5. The monoisotopic (exact) mass is 932 g/mol. The first-order chi connectivity index (χ1) is 31.9. The number of carbonyl (C=O) groups excluding carboxylic acids is 2. The number of imidazole rings is 2. The molecule has 8 rings (SSSR count). The number of nitrogens with zero attached hydrogens (tertiary/aromatic N) is 6. The lowest BCUT2D eigenvalue weighted by Gasteiger charge is -2.39. The van der Waals surface area contributed by atoms with E-state index in [1.54, 1.807) is 0 Å². The minimum atomic E-state index is -0.182. The van der Waals surface area contributed by atoms with E-state index in [4.69, 9.17) is 54.1 Å². The Labute approximate surface area is 398 Å². The van der Waals surface area contributed by atoms with Crippen LogP contribution in [0.2, 0.25) is 10.0 Å². The predicted octanol–water partition coefficient (Wildman–Crippen LogP) is 9.05. The first-order valence-corrected chi connectivity index (χ1v) is 23.6. The van der Waals surface area contributed by atoms with Crippen molar-refractivity contribution in [2.24, 2.45) is 23.3 Å². The van der Waals surface area contributed by atoms with Gasteiger partial charge in [-0.25, -0.2) is 9.97 Å². The number of benzene rings is 4. The van der Waals surface area contributed by atoms with Gasteiger partial charge in [0.2, 0.25) is 11.8 Å². The van der Waals surface area contributed by atoms with Crippen molar-refractivity contribution in [2.45, 2.75) is 77.9 Å². The third-order valence-corrected chi connectivity index (χ3v) is 12.5. The number of morpholine rings is 2. The van der Waals surface area contributed by atoms with Crippen molar-refractivity contribution in [3.05, 3.63) is 154 Å². The molecule has 0 saturated carbocycles. The number of hydrogen-bond acceptors (Lipinski definition) is 8. The van der Waals surface area contributed by atoms with Gasteiger partial charge in [0.25, 0.3) is 0 Å². The van der Waals surface area contributed by atoms with Gasteiger partial charge in [-0.05, 0) is 73.2 Å². The highest BCUT2D eigenvalue weighted by molar-refractivity contribution is 6.31. The minimum Gasteiger partial charge on any atom is -0.367 e. The summed E-state index contributed by atoms with van der Waals surface area (Å²) in [5, 5.41) is 1.33. The average Bonchev–Trinajstić information content (AvgIpc) is 3.91. The van der Waals surface area contributed by atoms with Crippen LogP contribution < -0.4 is 11.5 Å². The number of amides is 2. The third-order valence-electron chi connectivity index (χ3n) is 12.0. The number of halogens is 2. The second-order valence-corrected chi connectivity index (χ2v) is 18.6. The minimum absolute atomic E-state index is 0.0134. The van der Waals surface area contributed by atoms with Crippen molar-refractivity contribution in [3.63, 3.8) is 0 Å². The fourth-order valence-corrected chi connectivity index (χ4v) is 9.25. The molecule has 2 aliphatic rings. The molecule has 6 aromatic rings. The Hall–Kier alpha value is -5.34. The maximum Gasteiger partial charge on any atom is 0.249 e. The van der Waals surface area contributed by atoms with Gasteiger partial charge in [0.15, 0.2) is 0 Å². The first-order valence-electron chi connectivity index (χ1n) is 22.9. The molecule has 0 radical (unpaired) electrons. The fraction of sp³-hybridized carbons (Fsp3) is 0.385. The summed E-state index contributed by atoms with van der Waals surface area (Å²) in [4.78, 5) is 39.9. The smallest absolute Gasteiger partial charge is 0.249 e. The van der Waals surface area contributed by atoms with E-state index in [1.807, 2.05) is 94.7 Å². The van der Waals surface area contributed by atoms with Crippen LogP contribution in [0.4, 0.5) is 0 Å². The van der Waals surface area contributed by atoms with E-state index in [0.29, 0.717) is 49.3 Å². The van der Waals surface area contributed by atoms with Gasteiger partial charge in [-0.2, -0.15) is 0 Å². The molecule has 0 spiro atoms. The lowest BCUT2D eigenvalue weighted by molar-refractivity contribution is -0.155. The second-order valence-electron chi connectivity index (χ2n) is 17.7. The third kappa shape index (κ3) is 12.2. The van der Waals surface area contributed by atoms with Gasteiger partial charge in [-0.15, -0.1) is 0 Å². The Balaban J connectivity index is 0.000000196. The molecule has 14 heteroatoms. The van der Waals surface area contributed by atoms with Crippen LogP contribution in [0.3, 0.4) is 0 Å². The van der Waals surface area contributed by atoms with Gasteiger partial charge in [0, 0.05) is 59.7 Å². The van der Waals surface area contributed by atoms with Crippen LogP contribution in [0, 0.1) is 11.8 Å². The largest absolute Gasteiger partial charge is 0.367 e. The van der Waals surface area contributed by atoms with Crippen LogP contribution in [0.15, 0.2) is 122 Å². The van der Waals surface area contributed by atoms with Gasteiger partial charge in [0.05, 0.1) is 35.7 Å². The molecule has 2 aliphatic heterocycles. The summed E-state index contributed by atoms with van der Waals surface area (Å²) >= 11 is 12.5. The van der Waals surface area contributed by atoms with Gasteiger partial charge >= 0.3 is 0 Å². The number of nitrogens with two attached hydrogens (primary N) is 2. The van der Waals surface area contributed by atoms with Crippen molar-refractivity contribution in [1.82, 2.24) is 28.9 Å². The predicted molar refractivity (Wildman–Crippen MR) is 262 cm³/mol. The summed E-state index contributed by atoms with van der Waals surface area (Å²) in [6.45, 7) is 12.1. The molecule has 4 N–H and O–H groups in total. The Bertz CT molecular complexity index is 2340. The lowest BCUT2D eigenvalue weighted by Crippen LogP contribution is -2.50. The summed E-state index contributed by atoms with van der Waals surface area (Å²) < 4.78 is 15.8. The van der Waals surface area contributed by atoms with Crippen LogP contribution >= 0.6 is 23.2 Å². The summed E-state index contributed by atoms with van der Waals surface area (Å²) in [6.07, 6.45) is 5.46. The molecule has 2 amide bonds. The SMILES string of the molecule is CC(C)[C@H](c1nc(-c2cccc(Cl)c2)cn1Cc1ccccc1)N1C[C@@H](CCN)OCC1=O.CC(C)[C@H](c1nc(-c2cccc(Cl)c2)cn1Cc1ccccc1)N1C[C@H](CCN)OCC1=O. The average molecular weight is 934 g/mol.